The standard InChI is InChI=1S/C21H18F5N5O3/c1-20(2)10-31-16(30(20)3)6-15(29-19(31)32)33-9-11-4-13(22)17(14(23)5-11)34-12-7-27-18(28-8-12)21(24,25)26/h4-8H,9-10H2,1-3H3. The third kappa shape index (κ3) is 4.50. The molecule has 4 rings (SSSR count). The zero-order valence-electron chi connectivity index (χ0n) is 18.2. The average Bonchev–Trinajstić information content (AvgIpc) is 2.98. The maximum atomic E-state index is 14.5. The number of rotatable bonds is 5. The largest absolute Gasteiger partial charge is 0.473 e. The normalized spacial score (nSPS) is 14.8. The smallest absolute Gasteiger partial charge is 0.451 e. The highest BCUT2D eigenvalue weighted by molar-refractivity contribution is 5.48. The molecule has 0 saturated carbocycles. The molecule has 1 aliphatic rings. The maximum Gasteiger partial charge on any atom is 0.451 e. The van der Waals surface area contributed by atoms with Gasteiger partial charge in [-0.2, -0.15) is 18.2 Å². The molecule has 34 heavy (non-hydrogen) atoms. The van der Waals surface area contributed by atoms with Gasteiger partial charge in [0.15, 0.2) is 23.1 Å². The van der Waals surface area contributed by atoms with Crippen molar-refractivity contribution >= 4 is 5.82 Å². The monoisotopic (exact) mass is 483 g/mol. The molecule has 13 heteroatoms. The van der Waals surface area contributed by atoms with Crippen molar-refractivity contribution in [3.8, 4) is 17.4 Å². The fourth-order valence-electron chi connectivity index (χ4n) is 3.36. The Labute approximate surface area is 189 Å². The molecule has 0 bridgehead atoms. The van der Waals surface area contributed by atoms with Crippen molar-refractivity contribution in [2.75, 3.05) is 11.9 Å². The number of alkyl halides is 3. The van der Waals surface area contributed by atoms with Crippen LogP contribution < -0.4 is 20.1 Å². The third-order valence-electron chi connectivity index (χ3n) is 5.31. The van der Waals surface area contributed by atoms with Gasteiger partial charge in [-0.25, -0.2) is 23.5 Å². The number of hydrogen-bond acceptors (Lipinski definition) is 7. The van der Waals surface area contributed by atoms with E-state index in [0.29, 0.717) is 24.8 Å². The van der Waals surface area contributed by atoms with Gasteiger partial charge in [-0.1, -0.05) is 0 Å². The lowest BCUT2D eigenvalue weighted by atomic mass is 10.1. The van der Waals surface area contributed by atoms with Crippen molar-refractivity contribution in [3.05, 3.63) is 64.1 Å². The number of likely N-dealkylation sites (N-methyl/N-ethyl adjacent to an activating group) is 1. The molecule has 0 saturated heterocycles. The Hall–Kier alpha value is -3.77. The molecule has 3 heterocycles. The first-order chi connectivity index (χ1) is 15.8. The second-order valence-electron chi connectivity index (χ2n) is 8.21. The second kappa shape index (κ2) is 8.22. The van der Waals surface area contributed by atoms with Crippen LogP contribution in [0.3, 0.4) is 0 Å². The van der Waals surface area contributed by atoms with E-state index in [0.717, 1.165) is 12.1 Å². The lowest BCUT2D eigenvalue weighted by Gasteiger charge is -2.28. The highest BCUT2D eigenvalue weighted by Gasteiger charge is 2.35. The molecule has 0 spiro atoms. The first-order valence-electron chi connectivity index (χ1n) is 9.89. The van der Waals surface area contributed by atoms with Gasteiger partial charge in [0.1, 0.15) is 12.4 Å². The lowest BCUT2D eigenvalue weighted by Crippen LogP contribution is -2.38. The van der Waals surface area contributed by atoms with Gasteiger partial charge >= 0.3 is 11.9 Å². The minimum Gasteiger partial charge on any atom is -0.473 e. The Balaban J connectivity index is 1.49. The van der Waals surface area contributed by atoms with Crippen LogP contribution in [-0.2, 0) is 19.3 Å². The van der Waals surface area contributed by atoms with E-state index < -0.39 is 35.1 Å². The van der Waals surface area contributed by atoms with Gasteiger partial charge in [-0.3, -0.25) is 4.57 Å². The molecule has 0 radical (unpaired) electrons. The summed E-state index contributed by atoms with van der Waals surface area (Å²) in [6.07, 6.45) is -3.45. The fraction of sp³-hybridized carbons (Fsp3) is 0.333. The highest BCUT2D eigenvalue weighted by Crippen LogP contribution is 2.33. The number of aromatic nitrogens is 4. The predicted molar refractivity (Wildman–Crippen MR) is 109 cm³/mol. The first kappa shape index (κ1) is 23.4. The summed E-state index contributed by atoms with van der Waals surface area (Å²) in [4.78, 5) is 24.2. The molecular formula is C21H18F5N5O3. The number of nitrogens with zero attached hydrogens (tertiary/aromatic N) is 5. The van der Waals surface area contributed by atoms with Crippen molar-refractivity contribution in [1.29, 1.82) is 0 Å². The number of halogens is 5. The molecule has 0 amide bonds. The maximum absolute atomic E-state index is 14.5. The second-order valence-corrected chi connectivity index (χ2v) is 8.21. The summed E-state index contributed by atoms with van der Waals surface area (Å²) in [5.41, 5.74) is -0.737. The number of fused-ring (bicyclic) bond motifs is 1. The van der Waals surface area contributed by atoms with Gasteiger partial charge in [0.2, 0.25) is 11.7 Å². The van der Waals surface area contributed by atoms with Crippen molar-refractivity contribution < 1.29 is 31.4 Å². The van der Waals surface area contributed by atoms with E-state index in [2.05, 4.69) is 15.0 Å². The number of anilines is 1. The van der Waals surface area contributed by atoms with E-state index in [1.165, 1.54) is 4.57 Å². The van der Waals surface area contributed by atoms with Crippen LogP contribution in [0.2, 0.25) is 0 Å². The van der Waals surface area contributed by atoms with E-state index in [-0.39, 0.29) is 29.3 Å². The van der Waals surface area contributed by atoms with Crippen LogP contribution in [0.15, 0.2) is 35.4 Å². The van der Waals surface area contributed by atoms with Gasteiger partial charge in [0.25, 0.3) is 0 Å². The van der Waals surface area contributed by atoms with Crippen LogP contribution in [0.25, 0.3) is 0 Å². The van der Waals surface area contributed by atoms with Gasteiger partial charge in [-0.15, -0.1) is 0 Å². The summed E-state index contributed by atoms with van der Waals surface area (Å²) >= 11 is 0. The van der Waals surface area contributed by atoms with Crippen LogP contribution >= 0.6 is 0 Å². The highest BCUT2D eigenvalue weighted by atomic mass is 19.4. The van der Waals surface area contributed by atoms with E-state index in [1.54, 1.807) is 6.07 Å². The van der Waals surface area contributed by atoms with Crippen LogP contribution in [-0.4, -0.2) is 32.1 Å². The van der Waals surface area contributed by atoms with Crippen LogP contribution in [0.4, 0.5) is 27.8 Å². The quantitative estimate of drug-likeness (QED) is 0.509. The molecule has 2 aromatic heterocycles. The number of benzene rings is 1. The van der Waals surface area contributed by atoms with Crippen molar-refractivity contribution in [2.24, 2.45) is 0 Å². The Bertz CT molecular complexity index is 1270. The number of ether oxygens (including phenoxy) is 2. The summed E-state index contributed by atoms with van der Waals surface area (Å²) in [5, 5.41) is 0. The van der Waals surface area contributed by atoms with Crippen LogP contribution in [0.1, 0.15) is 25.2 Å². The molecule has 180 valence electrons. The van der Waals surface area contributed by atoms with E-state index in [1.807, 2.05) is 25.8 Å². The topological polar surface area (TPSA) is 82.4 Å². The SMILES string of the molecule is CN1c2cc(OCc3cc(F)c(Oc4cnc(C(F)(F)F)nc4)c(F)c3)nc(=O)n2CC1(C)C. The van der Waals surface area contributed by atoms with Crippen molar-refractivity contribution in [3.63, 3.8) is 0 Å². The Morgan fingerprint density at radius 3 is 2.29 bits per heavy atom. The molecular weight excluding hydrogens is 465 g/mol. The molecule has 0 aliphatic carbocycles. The van der Waals surface area contributed by atoms with Crippen LogP contribution in [0, 0.1) is 11.6 Å². The molecule has 3 aromatic rings. The summed E-state index contributed by atoms with van der Waals surface area (Å²) in [7, 11) is 1.83. The van der Waals surface area contributed by atoms with Gasteiger partial charge in [0.05, 0.1) is 24.5 Å². The molecule has 0 fully saturated rings. The summed E-state index contributed by atoms with van der Waals surface area (Å²) < 4.78 is 78.5. The number of hydrogen-bond donors (Lipinski definition) is 0. The molecule has 1 aliphatic heterocycles. The van der Waals surface area contributed by atoms with Gasteiger partial charge in [0, 0.05) is 13.1 Å². The van der Waals surface area contributed by atoms with Crippen molar-refractivity contribution in [1.82, 2.24) is 19.5 Å². The summed E-state index contributed by atoms with van der Waals surface area (Å²) in [6.45, 7) is 4.07. The van der Waals surface area contributed by atoms with E-state index in [9.17, 15) is 26.7 Å². The average molecular weight is 483 g/mol. The Kier molecular flexibility index (Phi) is 5.66. The molecule has 1 aromatic carbocycles. The lowest BCUT2D eigenvalue weighted by molar-refractivity contribution is -0.145. The summed E-state index contributed by atoms with van der Waals surface area (Å²) in [6, 6.07) is 3.42. The van der Waals surface area contributed by atoms with E-state index in [4.69, 9.17) is 9.47 Å². The Morgan fingerprint density at radius 2 is 1.71 bits per heavy atom. The predicted octanol–water partition coefficient (Wildman–Crippen LogP) is 3.93. The minimum atomic E-state index is -4.76. The molecule has 0 N–H and O–H groups in total. The first-order valence-corrected chi connectivity index (χ1v) is 9.89. The van der Waals surface area contributed by atoms with Crippen LogP contribution in [0.5, 0.6) is 17.4 Å². The van der Waals surface area contributed by atoms with Gasteiger partial charge < -0.3 is 14.4 Å². The minimum absolute atomic E-state index is 0.0103. The summed E-state index contributed by atoms with van der Waals surface area (Å²) in [5.74, 6) is -4.30. The van der Waals surface area contributed by atoms with E-state index >= 15 is 0 Å². The van der Waals surface area contributed by atoms with Gasteiger partial charge in [-0.05, 0) is 31.5 Å². The fourth-order valence-corrected chi connectivity index (χ4v) is 3.36. The molecule has 8 nitrogen and oxygen atoms in total. The third-order valence-corrected chi connectivity index (χ3v) is 5.31. The van der Waals surface area contributed by atoms with Crippen molar-refractivity contribution in [2.45, 2.75) is 38.7 Å². The zero-order chi connectivity index (χ0) is 24.8. The Morgan fingerprint density at radius 1 is 1.09 bits per heavy atom. The molecule has 0 atom stereocenters. The molecule has 0 unspecified atom stereocenters. The zero-order valence-corrected chi connectivity index (χ0v) is 18.2.